The average molecular weight is 332 g/mol. The minimum Gasteiger partial charge on any atom is -0.407 e. The molecule has 0 fully saturated rings. The molecule has 0 saturated carbocycles. The van der Waals surface area contributed by atoms with E-state index in [9.17, 15) is 9.59 Å². The maximum absolute atomic E-state index is 12.5. The molecule has 5 heteroatoms. The lowest BCUT2D eigenvalue weighted by atomic mass is 10.1. The van der Waals surface area contributed by atoms with Gasteiger partial charge in [0.15, 0.2) is 5.58 Å². The van der Waals surface area contributed by atoms with Crippen LogP contribution in [0.2, 0.25) is 0 Å². The Balaban J connectivity index is 2.22. The van der Waals surface area contributed by atoms with Gasteiger partial charge >= 0.3 is 5.76 Å². The molecule has 0 unspecified atom stereocenters. The number of oxazole rings is 1. The lowest BCUT2D eigenvalue weighted by molar-refractivity contribution is 0.0956. The summed E-state index contributed by atoms with van der Waals surface area (Å²) in [6, 6.07) is 12.2. The standard InChI is InChI=1S/C15H10BrNO3/c1-9-3-2-4-10(7-9)14(18)17-12-6-5-11(16)8-13(12)20-15(17)19/h2-8H,1H3. The van der Waals surface area contributed by atoms with Gasteiger partial charge in [-0.15, -0.1) is 0 Å². The van der Waals surface area contributed by atoms with Crippen LogP contribution in [0.1, 0.15) is 15.9 Å². The zero-order chi connectivity index (χ0) is 14.3. The first-order valence-electron chi connectivity index (χ1n) is 5.99. The van der Waals surface area contributed by atoms with Crippen LogP contribution in [0, 0.1) is 6.92 Å². The Hall–Kier alpha value is -2.14. The molecule has 1 heterocycles. The third kappa shape index (κ3) is 2.10. The van der Waals surface area contributed by atoms with Crippen LogP contribution < -0.4 is 5.76 Å². The molecule has 100 valence electrons. The number of halogens is 1. The van der Waals surface area contributed by atoms with Crippen molar-refractivity contribution in [2.75, 3.05) is 0 Å². The molecule has 0 aliphatic rings. The van der Waals surface area contributed by atoms with Crippen molar-refractivity contribution in [3.05, 3.63) is 68.6 Å². The molecule has 0 spiro atoms. The molecule has 0 amide bonds. The molecule has 0 N–H and O–H groups in total. The first kappa shape index (κ1) is 12.9. The summed E-state index contributed by atoms with van der Waals surface area (Å²) < 4.78 is 6.95. The first-order chi connectivity index (χ1) is 9.56. The molecule has 0 aliphatic carbocycles. The molecule has 4 nitrogen and oxygen atoms in total. The SMILES string of the molecule is Cc1cccc(C(=O)n2c(=O)oc3cc(Br)ccc32)c1. The zero-order valence-corrected chi connectivity index (χ0v) is 12.2. The molecule has 0 bridgehead atoms. The van der Waals surface area contributed by atoms with Crippen molar-refractivity contribution in [1.29, 1.82) is 0 Å². The van der Waals surface area contributed by atoms with Crippen molar-refractivity contribution in [3.8, 4) is 0 Å². The Morgan fingerprint density at radius 3 is 2.75 bits per heavy atom. The summed E-state index contributed by atoms with van der Waals surface area (Å²) >= 11 is 3.30. The molecular formula is C15H10BrNO3. The maximum atomic E-state index is 12.5. The van der Waals surface area contributed by atoms with E-state index in [1.54, 1.807) is 36.4 Å². The highest BCUT2D eigenvalue weighted by Crippen LogP contribution is 2.19. The second-order valence-corrected chi connectivity index (χ2v) is 5.41. The van der Waals surface area contributed by atoms with Gasteiger partial charge in [0.05, 0.1) is 5.52 Å². The fourth-order valence-electron chi connectivity index (χ4n) is 2.09. The van der Waals surface area contributed by atoms with Gasteiger partial charge in [-0.3, -0.25) is 4.79 Å². The Morgan fingerprint density at radius 2 is 2.00 bits per heavy atom. The zero-order valence-electron chi connectivity index (χ0n) is 10.6. The van der Waals surface area contributed by atoms with E-state index >= 15 is 0 Å². The Morgan fingerprint density at radius 1 is 1.20 bits per heavy atom. The summed E-state index contributed by atoms with van der Waals surface area (Å²) in [5, 5.41) is 0. The molecule has 2 aromatic carbocycles. The molecule has 3 aromatic rings. The van der Waals surface area contributed by atoms with Crippen molar-refractivity contribution in [1.82, 2.24) is 4.57 Å². The van der Waals surface area contributed by atoms with E-state index < -0.39 is 5.76 Å². The van der Waals surface area contributed by atoms with Gasteiger partial charge in [0, 0.05) is 10.0 Å². The minimum absolute atomic E-state index is 0.380. The van der Waals surface area contributed by atoms with Crippen LogP contribution in [0.5, 0.6) is 0 Å². The van der Waals surface area contributed by atoms with Gasteiger partial charge in [0.25, 0.3) is 5.91 Å². The number of hydrogen-bond donors (Lipinski definition) is 0. The average Bonchev–Trinajstić information content (AvgIpc) is 2.73. The van der Waals surface area contributed by atoms with Crippen molar-refractivity contribution in [2.24, 2.45) is 0 Å². The Kier molecular flexibility index (Phi) is 3.06. The number of hydrogen-bond acceptors (Lipinski definition) is 3. The van der Waals surface area contributed by atoms with Crippen LogP contribution in [0.4, 0.5) is 0 Å². The Bertz CT molecular complexity index is 876. The summed E-state index contributed by atoms with van der Waals surface area (Å²) in [6.07, 6.45) is 0. The molecule has 0 radical (unpaired) electrons. The second-order valence-electron chi connectivity index (χ2n) is 4.49. The first-order valence-corrected chi connectivity index (χ1v) is 6.78. The van der Waals surface area contributed by atoms with Gasteiger partial charge in [0.1, 0.15) is 0 Å². The number of rotatable bonds is 1. The summed E-state index contributed by atoms with van der Waals surface area (Å²) in [6.45, 7) is 1.89. The van der Waals surface area contributed by atoms with E-state index in [2.05, 4.69) is 15.9 Å². The molecule has 3 rings (SSSR count). The highest BCUT2D eigenvalue weighted by Gasteiger charge is 2.17. The lowest BCUT2D eigenvalue weighted by Crippen LogP contribution is -2.23. The van der Waals surface area contributed by atoms with E-state index in [-0.39, 0.29) is 5.91 Å². The van der Waals surface area contributed by atoms with Crippen molar-refractivity contribution in [2.45, 2.75) is 6.92 Å². The van der Waals surface area contributed by atoms with Crippen LogP contribution in [-0.4, -0.2) is 10.5 Å². The van der Waals surface area contributed by atoms with Gasteiger partial charge in [-0.1, -0.05) is 33.6 Å². The monoisotopic (exact) mass is 331 g/mol. The number of aromatic nitrogens is 1. The molecule has 0 atom stereocenters. The fraction of sp³-hybridized carbons (Fsp3) is 0.0667. The van der Waals surface area contributed by atoms with Gasteiger partial charge in [0.2, 0.25) is 0 Å². The van der Waals surface area contributed by atoms with E-state index in [4.69, 9.17) is 4.42 Å². The molecule has 20 heavy (non-hydrogen) atoms. The van der Waals surface area contributed by atoms with Crippen LogP contribution in [-0.2, 0) is 0 Å². The van der Waals surface area contributed by atoms with E-state index in [0.717, 1.165) is 14.6 Å². The van der Waals surface area contributed by atoms with Crippen molar-refractivity contribution >= 4 is 32.9 Å². The van der Waals surface area contributed by atoms with Gasteiger partial charge in [-0.25, -0.2) is 9.36 Å². The summed E-state index contributed by atoms with van der Waals surface area (Å²) in [5.74, 6) is -1.07. The van der Waals surface area contributed by atoms with Gasteiger partial charge in [-0.05, 0) is 37.3 Å². The second kappa shape index (κ2) is 4.76. The molecule has 1 aromatic heterocycles. The van der Waals surface area contributed by atoms with Crippen LogP contribution in [0.25, 0.3) is 11.1 Å². The van der Waals surface area contributed by atoms with E-state index in [0.29, 0.717) is 16.7 Å². The van der Waals surface area contributed by atoms with Crippen molar-refractivity contribution < 1.29 is 9.21 Å². The van der Waals surface area contributed by atoms with Crippen molar-refractivity contribution in [3.63, 3.8) is 0 Å². The van der Waals surface area contributed by atoms with Crippen LogP contribution >= 0.6 is 15.9 Å². The van der Waals surface area contributed by atoms with E-state index in [1.165, 1.54) is 0 Å². The van der Waals surface area contributed by atoms with Gasteiger partial charge < -0.3 is 4.42 Å². The normalized spacial score (nSPS) is 10.9. The Labute approximate surface area is 122 Å². The summed E-state index contributed by atoms with van der Waals surface area (Å²) in [4.78, 5) is 24.4. The molecular weight excluding hydrogens is 322 g/mol. The highest BCUT2D eigenvalue weighted by molar-refractivity contribution is 9.10. The van der Waals surface area contributed by atoms with E-state index in [1.807, 2.05) is 13.0 Å². The van der Waals surface area contributed by atoms with Gasteiger partial charge in [-0.2, -0.15) is 0 Å². The summed E-state index contributed by atoms with van der Waals surface area (Å²) in [5.41, 5.74) is 2.26. The number of aryl methyl sites for hydroxylation is 1. The van der Waals surface area contributed by atoms with Crippen LogP contribution in [0.15, 0.2) is 56.1 Å². The summed E-state index contributed by atoms with van der Waals surface area (Å²) in [7, 11) is 0. The number of nitrogens with zero attached hydrogens (tertiary/aromatic N) is 1. The topological polar surface area (TPSA) is 52.2 Å². The largest absolute Gasteiger partial charge is 0.427 e. The molecule has 0 saturated heterocycles. The predicted molar refractivity (Wildman–Crippen MR) is 79.1 cm³/mol. The number of benzene rings is 2. The number of carbonyl (C=O) groups excluding carboxylic acids is 1. The number of fused-ring (bicyclic) bond motifs is 1. The fourth-order valence-corrected chi connectivity index (χ4v) is 2.43. The molecule has 0 aliphatic heterocycles. The highest BCUT2D eigenvalue weighted by atomic mass is 79.9. The maximum Gasteiger partial charge on any atom is 0.427 e. The smallest absolute Gasteiger partial charge is 0.407 e. The third-order valence-electron chi connectivity index (χ3n) is 3.01. The third-order valence-corrected chi connectivity index (χ3v) is 3.50. The quantitative estimate of drug-likeness (QED) is 0.687. The minimum atomic E-state index is -0.676. The predicted octanol–water partition coefficient (Wildman–Crippen LogP) is 3.35. The van der Waals surface area contributed by atoms with Crippen LogP contribution in [0.3, 0.4) is 0 Å². The number of carbonyl (C=O) groups is 1. The lowest BCUT2D eigenvalue weighted by Gasteiger charge is -2.02.